The SMILES string of the molecule is COc1cccc2c1C[C@H]1NCC[C@]2(C)[C@H]1C. The fraction of sp³-hybridized carbons (Fsp3) is 0.600. The summed E-state index contributed by atoms with van der Waals surface area (Å²) in [5.74, 6) is 1.77. The van der Waals surface area contributed by atoms with Gasteiger partial charge in [-0.3, -0.25) is 0 Å². The average molecular weight is 231 g/mol. The lowest BCUT2D eigenvalue weighted by molar-refractivity contribution is 0.156. The third kappa shape index (κ3) is 1.43. The molecule has 2 aliphatic rings. The van der Waals surface area contributed by atoms with Gasteiger partial charge in [0.25, 0.3) is 0 Å². The lowest BCUT2D eigenvalue weighted by atomic mass is 9.59. The van der Waals surface area contributed by atoms with E-state index in [0.717, 1.165) is 18.7 Å². The molecule has 1 aromatic carbocycles. The van der Waals surface area contributed by atoms with Crippen LogP contribution in [0.4, 0.5) is 0 Å². The van der Waals surface area contributed by atoms with Crippen molar-refractivity contribution in [1.29, 1.82) is 0 Å². The molecule has 92 valence electrons. The first-order valence-electron chi connectivity index (χ1n) is 6.56. The Hall–Kier alpha value is -1.02. The summed E-state index contributed by atoms with van der Waals surface area (Å²) >= 11 is 0. The van der Waals surface area contributed by atoms with Crippen molar-refractivity contribution < 1.29 is 4.74 Å². The minimum atomic E-state index is 0.318. The predicted octanol–water partition coefficient (Wildman–Crippen LogP) is 2.51. The van der Waals surface area contributed by atoms with E-state index in [1.807, 2.05) is 0 Å². The smallest absolute Gasteiger partial charge is 0.122 e. The molecule has 1 fully saturated rings. The summed E-state index contributed by atoms with van der Waals surface area (Å²) in [5.41, 5.74) is 3.26. The number of hydrogen-bond donors (Lipinski definition) is 1. The molecule has 1 aliphatic heterocycles. The Morgan fingerprint density at radius 2 is 2.24 bits per heavy atom. The van der Waals surface area contributed by atoms with E-state index in [9.17, 15) is 0 Å². The monoisotopic (exact) mass is 231 g/mol. The van der Waals surface area contributed by atoms with E-state index in [2.05, 4.69) is 37.4 Å². The molecule has 17 heavy (non-hydrogen) atoms. The number of nitrogens with one attached hydrogen (secondary N) is 1. The van der Waals surface area contributed by atoms with E-state index in [0.29, 0.717) is 17.4 Å². The van der Waals surface area contributed by atoms with Gasteiger partial charge in [0.05, 0.1) is 7.11 Å². The maximum absolute atomic E-state index is 5.53. The summed E-state index contributed by atoms with van der Waals surface area (Å²) in [6, 6.07) is 7.14. The van der Waals surface area contributed by atoms with E-state index in [1.165, 1.54) is 17.5 Å². The molecule has 3 atom stereocenters. The highest BCUT2D eigenvalue weighted by molar-refractivity contribution is 5.48. The van der Waals surface area contributed by atoms with E-state index in [-0.39, 0.29) is 0 Å². The van der Waals surface area contributed by atoms with Gasteiger partial charge >= 0.3 is 0 Å². The number of fused-ring (bicyclic) bond motifs is 4. The molecule has 1 aromatic rings. The third-order valence-corrected chi connectivity index (χ3v) is 5.05. The molecule has 2 nitrogen and oxygen atoms in total. The summed E-state index contributed by atoms with van der Waals surface area (Å²) in [7, 11) is 1.78. The Balaban J connectivity index is 2.18. The van der Waals surface area contributed by atoms with Gasteiger partial charge in [-0.2, -0.15) is 0 Å². The molecule has 0 amide bonds. The van der Waals surface area contributed by atoms with E-state index < -0.39 is 0 Å². The van der Waals surface area contributed by atoms with Crippen molar-refractivity contribution >= 4 is 0 Å². The van der Waals surface area contributed by atoms with Crippen LogP contribution in [0, 0.1) is 5.92 Å². The van der Waals surface area contributed by atoms with Crippen LogP contribution in [0.3, 0.4) is 0 Å². The highest BCUT2D eigenvalue weighted by atomic mass is 16.5. The molecule has 0 radical (unpaired) electrons. The molecule has 0 unspecified atom stereocenters. The topological polar surface area (TPSA) is 21.3 Å². The third-order valence-electron chi connectivity index (χ3n) is 5.05. The summed E-state index contributed by atoms with van der Waals surface area (Å²) in [5, 5.41) is 3.66. The first-order valence-corrected chi connectivity index (χ1v) is 6.56. The largest absolute Gasteiger partial charge is 0.496 e. The molecule has 0 saturated carbocycles. The number of ether oxygens (including phenoxy) is 1. The maximum Gasteiger partial charge on any atom is 0.122 e. The molecule has 2 bridgehead atoms. The van der Waals surface area contributed by atoms with E-state index >= 15 is 0 Å². The van der Waals surface area contributed by atoms with Crippen LogP contribution in [0.25, 0.3) is 0 Å². The standard InChI is InChI=1S/C15H21NO/c1-10-13-9-11-12(5-4-6-14(11)17-3)15(10,2)7-8-16-13/h4-6,10,13,16H,7-9H2,1-3H3/t10-,13+,15+/m0/s1. The van der Waals surface area contributed by atoms with E-state index in [4.69, 9.17) is 4.74 Å². The predicted molar refractivity (Wildman–Crippen MR) is 69.6 cm³/mol. The minimum Gasteiger partial charge on any atom is -0.496 e. The number of piperidine rings is 1. The van der Waals surface area contributed by atoms with Gasteiger partial charge in [-0.25, -0.2) is 0 Å². The zero-order chi connectivity index (χ0) is 12.0. The zero-order valence-electron chi connectivity index (χ0n) is 10.9. The second-order valence-electron chi connectivity index (χ2n) is 5.71. The summed E-state index contributed by atoms with van der Waals surface area (Å²) < 4.78 is 5.53. The maximum atomic E-state index is 5.53. The highest BCUT2D eigenvalue weighted by Crippen LogP contribution is 2.47. The second-order valence-corrected chi connectivity index (χ2v) is 5.71. The van der Waals surface area contributed by atoms with Crippen LogP contribution in [0.1, 0.15) is 31.4 Å². The van der Waals surface area contributed by atoms with Crippen molar-refractivity contribution in [3.63, 3.8) is 0 Å². The second kappa shape index (κ2) is 3.74. The lowest BCUT2D eigenvalue weighted by Gasteiger charge is -2.50. The highest BCUT2D eigenvalue weighted by Gasteiger charge is 2.45. The molecule has 1 heterocycles. The fourth-order valence-electron chi connectivity index (χ4n) is 3.72. The van der Waals surface area contributed by atoms with Crippen LogP contribution in [0.15, 0.2) is 18.2 Å². The molecule has 0 aromatic heterocycles. The lowest BCUT2D eigenvalue weighted by Crippen LogP contribution is -2.56. The number of methoxy groups -OCH3 is 1. The van der Waals surface area contributed by atoms with Crippen molar-refractivity contribution in [2.24, 2.45) is 5.92 Å². The van der Waals surface area contributed by atoms with Gasteiger partial charge in [-0.1, -0.05) is 26.0 Å². The van der Waals surface area contributed by atoms with Gasteiger partial charge in [-0.15, -0.1) is 0 Å². The van der Waals surface area contributed by atoms with Crippen molar-refractivity contribution in [3.05, 3.63) is 29.3 Å². The van der Waals surface area contributed by atoms with Gasteiger partial charge in [0.1, 0.15) is 5.75 Å². The van der Waals surface area contributed by atoms with Crippen LogP contribution in [0.5, 0.6) is 5.75 Å². The summed E-state index contributed by atoms with van der Waals surface area (Å²) in [6.45, 7) is 5.95. The Morgan fingerprint density at radius 3 is 3.00 bits per heavy atom. The normalized spacial score (nSPS) is 35.2. The van der Waals surface area contributed by atoms with Crippen LogP contribution in [0.2, 0.25) is 0 Å². The van der Waals surface area contributed by atoms with E-state index in [1.54, 1.807) is 7.11 Å². The molecule has 1 saturated heterocycles. The van der Waals surface area contributed by atoms with Crippen LogP contribution in [-0.2, 0) is 11.8 Å². The first kappa shape index (κ1) is 11.1. The van der Waals surface area contributed by atoms with Gasteiger partial charge in [0.2, 0.25) is 0 Å². The zero-order valence-corrected chi connectivity index (χ0v) is 10.9. The Morgan fingerprint density at radius 1 is 1.41 bits per heavy atom. The quantitative estimate of drug-likeness (QED) is 0.802. The van der Waals surface area contributed by atoms with Crippen LogP contribution < -0.4 is 10.1 Å². The van der Waals surface area contributed by atoms with Crippen molar-refractivity contribution in [2.75, 3.05) is 13.7 Å². The molecule has 1 N–H and O–H groups in total. The van der Waals surface area contributed by atoms with Gasteiger partial charge in [-0.05, 0) is 47.9 Å². The summed E-state index contributed by atoms with van der Waals surface area (Å²) in [4.78, 5) is 0. The minimum absolute atomic E-state index is 0.318. The molecule has 1 aliphatic carbocycles. The fourth-order valence-corrected chi connectivity index (χ4v) is 3.72. The number of rotatable bonds is 1. The van der Waals surface area contributed by atoms with Gasteiger partial charge in [0.15, 0.2) is 0 Å². The Bertz CT molecular complexity index is 443. The van der Waals surface area contributed by atoms with Crippen LogP contribution in [-0.4, -0.2) is 19.7 Å². The first-order chi connectivity index (χ1) is 8.16. The van der Waals surface area contributed by atoms with Crippen LogP contribution >= 0.6 is 0 Å². The number of hydrogen-bond acceptors (Lipinski definition) is 2. The van der Waals surface area contributed by atoms with Crippen molar-refractivity contribution in [2.45, 2.75) is 38.1 Å². The average Bonchev–Trinajstić information content (AvgIpc) is 2.33. The van der Waals surface area contributed by atoms with Crippen molar-refractivity contribution in [3.8, 4) is 5.75 Å². The molecular weight excluding hydrogens is 210 g/mol. The van der Waals surface area contributed by atoms with Gasteiger partial charge < -0.3 is 10.1 Å². The Labute approximate surface area is 103 Å². The number of benzene rings is 1. The Kier molecular flexibility index (Phi) is 2.44. The van der Waals surface area contributed by atoms with Crippen molar-refractivity contribution in [1.82, 2.24) is 5.32 Å². The molecule has 0 spiro atoms. The molecular formula is C15H21NO. The molecule has 2 heteroatoms. The molecule has 3 rings (SSSR count). The summed E-state index contributed by atoms with van der Waals surface area (Å²) in [6.07, 6.45) is 2.33. The van der Waals surface area contributed by atoms with Gasteiger partial charge in [0, 0.05) is 6.04 Å².